The van der Waals surface area contributed by atoms with Crippen molar-refractivity contribution < 1.29 is 17.2 Å². The fourth-order valence-corrected chi connectivity index (χ4v) is 2.18. The van der Waals surface area contributed by atoms with Gasteiger partial charge in [0.1, 0.15) is 9.84 Å². The molecule has 2 N–H and O–H groups in total. The molecule has 0 rings (SSSR count). The van der Waals surface area contributed by atoms with Crippen LogP contribution in [0.2, 0.25) is 0 Å². The minimum atomic E-state index is -3.00. The summed E-state index contributed by atoms with van der Waals surface area (Å²) in [7, 11) is -3.00. The lowest BCUT2D eigenvalue weighted by Gasteiger charge is -2.20. The van der Waals surface area contributed by atoms with Crippen molar-refractivity contribution in [2.45, 2.75) is 19.8 Å². The van der Waals surface area contributed by atoms with Crippen molar-refractivity contribution in [3.63, 3.8) is 0 Å². The van der Waals surface area contributed by atoms with E-state index in [-0.39, 0.29) is 18.1 Å². The smallest absolute Gasteiger partial charge is 0.251 e. The van der Waals surface area contributed by atoms with Gasteiger partial charge in [-0.1, -0.05) is 6.92 Å². The van der Waals surface area contributed by atoms with E-state index in [1.807, 2.05) is 0 Å². The first kappa shape index (κ1) is 15.7. The third-order valence-electron chi connectivity index (χ3n) is 2.21. The summed E-state index contributed by atoms with van der Waals surface area (Å²) in [5.41, 5.74) is 5.28. The zero-order valence-corrected chi connectivity index (χ0v) is 10.3. The first-order valence-corrected chi connectivity index (χ1v) is 7.14. The Labute approximate surface area is 95.7 Å². The number of hydrogen-bond donors (Lipinski definition) is 1. The maximum Gasteiger partial charge on any atom is 0.251 e. The Balaban J connectivity index is 3.93. The van der Waals surface area contributed by atoms with Gasteiger partial charge in [0.2, 0.25) is 0 Å². The molecule has 4 nitrogen and oxygen atoms in total. The van der Waals surface area contributed by atoms with Gasteiger partial charge in [-0.2, -0.15) is 0 Å². The largest absolute Gasteiger partial charge is 0.329 e. The molecule has 0 spiro atoms. The molecule has 0 aromatic heterocycles. The van der Waals surface area contributed by atoms with E-state index < -0.39 is 16.3 Å². The van der Waals surface area contributed by atoms with Crippen LogP contribution in [0.5, 0.6) is 0 Å². The Kier molecular flexibility index (Phi) is 7.78. The Morgan fingerprint density at radius 3 is 2.38 bits per heavy atom. The molecule has 0 bridgehead atoms. The molecule has 0 aromatic rings. The molecule has 0 aliphatic carbocycles. The Morgan fingerprint density at radius 1 is 1.31 bits per heavy atom. The minimum Gasteiger partial charge on any atom is -0.329 e. The van der Waals surface area contributed by atoms with Crippen molar-refractivity contribution in [1.29, 1.82) is 0 Å². The fraction of sp³-hybridized carbons (Fsp3) is 1.00. The molecule has 0 saturated heterocycles. The molecule has 16 heavy (non-hydrogen) atoms. The number of halogens is 2. The van der Waals surface area contributed by atoms with E-state index in [0.717, 1.165) is 0 Å². The van der Waals surface area contributed by atoms with E-state index in [1.54, 1.807) is 6.92 Å². The Hall–Kier alpha value is -0.270. The topological polar surface area (TPSA) is 63.4 Å². The highest BCUT2D eigenvalue weighted by Crippen LogP contribution is 2.01. The van der Waals surface area contributed by atoms with E-state index in [0.29, 0.717) is 26.1 Å². The molecule has 0 saturated carbocycles. The van der Waals surface area contributed by atoms with Gasteiger partial charge in [-0.25, -0.2) is 17.2 Å². The molecule has 0 heterocycles. The Morgan fingerprint density at radius 2 is 1.94 bits per heavy atom. The average molecular weight is 258 g/mol. The molecule has 0 aliphatic rings. The summed E-state index contributed by atoms with van der Waals surface area (Å²) in [6.45, 7) is 2.25. The van der Waals surface area contributed by atoms with Crippen LogP contribution in [0, 0.1) is 0 Å². The lowest BCUT2D eigenvalue weighted by atomic mass is 10.4. The standard InChI is InChI=1S/C9H20F2N2O2S/c1-2-16(14,15)7-3-5-13(6-4-12)8-9(10)11/h9H,2-8,12H2,1H3. The first-order valence-electron chi connectivity index (χ1n) is 5.32. The van der Waals surface area contributed by atoms with Gasteiger partial charge >= 0.3 is 0 Å². The predicted octanol–water partition coefficient (Wildman–Crippen LogP) is 0.337. The second-order valence-corrected chi connectivity index (χ2v) is 6.04. The second-order valence-electron chi connectivity index (χ2n) is 3.57. The van der Waals surface area contributed by atoms with Crippen molar-refractivity contribution in [3.8, 4) is 0 Å². The van der Waals surface area contributed by atoms with Crippen molar-refractivity contribution in [1.82, 2.24) is 4.90 Å². The molecule has 0 aromatic carbocycles. The van der Waals surface area contributed by atoms with Gasteiger partial charge in [-0.15, -0.1) is 0 Å². The van der Waals surface area contributed by atoms with Gasteiger partial charge in [0.15, 0.2) is 0 Å². The van der Waals surface area contributed by atoms with Crippen LogP contribution in [0.3, 0.4) is 0 Å². The highest BCUT2D eigenvalue weighted by atomic mass is 32.2. The second kappa shape index (κ2) is 7.92. The normalized spacial score (nSPS) is 12.6. The maximum absolute atomic E-state index is 12.1. The lowest BCUT2D eigenvalue weighted by molar-refractivity contribution is 0.0898. The Bertz CT molecular complexity index is 271. The summed E-state index contributed by atoms with van der Waals surface area (Å²) in [4.78, 5) is 1.50. The van der Waals surface area contributed by atoms with Crippen LogP contribution < -0.4 is 5.73 Å². The molecule has 0 unspecified atom stereocenters. The average Bonchev–Trinajstić information content (AvgIpc) is 2.17. The number of nitrogens with zero attached hydrogens (tertiary/aromatic N) is 1. The van der Waals surface area contributed by atoms with Crippen LogP contribution >= 0.6 is 0 Å². The SMILES string of the molecule is CCS(=O)(=O)CCCN(CCN)CC(F)F. The third-order valence-corrected chi connectivity index (χ3v) is 4.00. The molecule has 7 heteroatoms. The van der Waals surface area contributed by atoms with Gasteiger partial charge in [0.25, 0.3) is 6.43 Å². The molecule has 0 atom stereocenters. The van der Waals surface area contributed by atoms with Crippen molar-refractivity contribution in [2.75, 3.05) is 37.7 Å². The molecule has 0 fully saturated rings. The molecule has 98 valence electrons. The van der Waals surface area contributed by atoms with Crippen LogP contribution in [-0.2, 0) is 9.84 Å². The molecular formula is C9H20F2N2O2S. The summed E-state index contributed by atoms with van der Waals surface area (Å²) in [5.74, 6) is 0.145. The first-order chi connectivity index (χ1) is 7.41. The monoisotopic (exact) mass is 258 g/mol. The van der Waals surface area contributed by atoms with Crippen LogP contribution in [0.4, 0.5) is 8.78 Å². The molecule has 0 radical (unpaired) electrons. The fourth-order valence-electron chi connectivity index (χ4n) is 1.32. The lowest BCUT2D eigenvalue weighted by Crippen LogP contribution is -2.35. The van der Waals surface area contributed by atoms with Gasteiger partial charge in [0.05, 0.1) is 12.3 Å². The quantitative estimate of drug-likeness (QED) is 0.647. The molecular weight excluding hydrogens is 238 g/mol. The number of hydrogen-bond acceptors (Lipinski definition) is 4. The summed E-state index contributed by atoms with van der Waals surface area (Å²) < 4.78 is 46.6. The van der Waals surface area contributed by atoms with Crippen molar-refractivity contribution in [3.05, 3.63) is 0 Å². The summed E-state index contributed by atoms with van der Waals surface area (Å²) in [6, 6.07) is 0. The van der Waals surface area contributed by atoms with Crippen LogP contribution in [0.1, 0.15) is 13.3 Å². The van der Waals surface area contributed by atoms with Crippen LogP contribution in [0.15, 0.2) is 0 Å². The summed E-state index contributed by atoms with van der Waals surface area (Å²) >= 11 is 0. The predicted molar refractivity (Wildman–Crippen MR) is 60.4 cm³/mol. The van der Waals surface area contributed by atoms with Crippen molar-refractivity contribution >= 4 is 9.84 Å². The van der Waals surface area contributed by atoms with Gasteiger partial charge in [-0.05, 0) is 13.0 Å². The third kappa shape index (κ3) is 7.95. The van der Waals surface area contributed by atoms with E-state index in [2.05, 4.69) is 0 Å². The molecule has 0 aliphatic heterocycles. The van der Waals surface area contributed by atoms with E-state index in [1.165, 1.54) is 4.90 Å². The minimum absolute atomic E-state index is 0.0494. The highest BCUT2D eigenvalue weighted by Gasteiger charge is 2.13. The van der Waals surface area contributed by atoms with Crippen LogP contribution in [-0.4, -0.2) is 57.4 Å². The highest BCUT2D eigenvalue weighted by molar-refractivity contribution is 7.91. The maximum atomic E-state index is 12.1. The van der Waals surface area contributed by atoms with E-state index >= 15 is 0 Å². The zero-order chi connectivity index (χ0) is 12.6. The van der Waals surface area contributed by atoms with Crippen molar-refractivity contribution in [2.24, 2.45) is 5.73 Å². The molecule has 0 amide bonds. The number of sulfone groups is 1. The summed E-state index contributed by atoms with van der Waals surface area (Å²) in [5, 5.41) is 0. The van der Waals surface area contributed by atoms with Gasteiger partial charge in [0, 0.05) is 18.8 Å². The van der Waals surface area contributed by atoms with Gasteiger partial charge in [-0.3, -0.25) is 4.90 Å². The number of alkyl halides is 2. The van der Waals surface area contributed by atoms with E-state index in [4.69, 9.17) is 5.73 Å². The number of rotatable bonds is 9. The van der Waals surface area contributed by atoms with E-state index in [9.17, 15) is 17.2 Å². The zero-order valence-electron chi connectivity index (χ0n) is 9.53. The number of nitrogens with two attached hydrogens (primary N) is 1. The summed E-state index contributed by atoms with van der Waals surface area (Å²) in [6.07, 6.45) is -2.03. The van der Waals surface area contributed by atoms with Gasteiger partial charge < -0.3 is 5.73 Å². The van der Waals surface area contributed by atoms with Crippen LogP contribution in [0.25, 0.3) is 0 Å².